The van der Waals surface area contributed by atoms with E-state index in [2.05, 4.69) is 44.8 Å². The molecule has 2 N–H and O–H groups in total. The molecule has 1 aromatic carbocycles. The summed E-state index contributed by atoms with van der Waals surface area (Å²) in [5.41, 5.74) is 3.44. The van der Waals surface area contributed by atoms with Gasteiger partial charge in [0.2, 0.25) is 0 Å². The van der Waals surface area contributed by atoms with Gasteiger partial charge in [0, 0.05) is 31.5 Å². The van der Waals surface area contributed by atoms with E-state index in [-0.39, 0.29) is 0 Å². The Morgan fingerprint density at radius 1 is 1.09 bits per heavy atom. The molecule has 0 atom stereocenters. The Labute approximate surface area is 142 Å². The number of benzene rings is 1. The quantitative estimate of drug-likeness (QED) is 0.841. The molecule has 0 radical (unpaired) electrons. The van der Waals surface area contributed by atoms with Crippen LogP contribution >= 0.6 is 12.2 Å². The predicted molar refractivity (Wildman–Crippen MR) is 99.8 cm³/mol. The van der Waals surface area contributed by atoms with Crippen molar-refractivity contribution in [2.24, 2.45) is 0 Å². The average molecular weight is 326 g/mol. The summed E-state index contributed by atoms with van der Waals surface area (Å²) < 4.78 is 0. The average Bonchev–Trinajstić information content (AvgIpc) is 2.62. The first-order valence-corrected chi connectivity index (χ1v) is 8.51. The SMILES string of the molecule is S=C(NCc1ccc(N2CCCCC2)cc1)Nc1cccnc1. The van der Waals surface area contributed by atoms with E-state index in [1.54, 1.807) is 12.4 Å². The molecule has 5 heteroatoms. The summed E-state index contributed by atoms with van der Waals surface area (Å²) in [6.07, 6.45) is 7.46. The molecule has 2 aromatic rings. The summed E-state index contributed by atoms with van der Waals surface area (Å²) in [7, 11) is 0. The molecule has 0 aliphatic carbocycles. The summed E-state index contributed by atoms with van der Waals surface area (Å²) in [5, 5.41) is 6.96. The number of aromatic nitrogens is 1. The van der Waals surface area contributed by atoms with Crippen molar-refractivity contribution in [2.45, 2.75) is 25.8 Å². The molecule has 1 aliphatic rings. The molecule has 0 bridgehead atoms. The highest BCUT2D eigenvalue weighted by atomic mass is 32.1. The number of hydrogen-bond donors (Lipinski definition) is 2. The molecule has 23 heavy (non-hydrogen) atoms. The van der Waals surface area contributed by atoms with Crippen LogP contribution in [0.5, 0.6) is 0 Å². The Kier molecular flexibility index (Phi) is 5.42. The number of pyridine rings is 1. The second kappa shape index (κ2) is 7.92. The summed E-state index contributed by atoms with van der Waals surface area (Å²) in [4.78, 5) is 6.52. The topological polar surface area (TPSA) is 40.2 Å². The molecule has 120 valence electrons. The molecule has 0 unspecified atom stereocenters. The lowest BCUT2D eigenvalue weighted by atomic mass is 10.1. The lowest BCUT2D eigenvalue weighted by molar-refractivity contribution is 0.578. The van der Waals surface area contributed by atoms with Crippen LogP contribution in [0, 0.1) is 0 Å². The second-order valence-electron chi connectivity index (χ2n) is 5.76. The molecule has 1 saturated heterocycles. The number of thiocarbonyl (C=S) groups is 1. The van der Waals surface area contributed by atoms with Gasteiger partial charge in [0.1, 0.15) is 0 Å². The highest BCUT2D eigenvalue weighted by Gasteiger charge is 2.10. The minimum atomic E-state index is 0.609. The second-order valence-corrected chi connectivity index (χ2v) is 6.17. The zero-order chi connectivity index (χ0) is 15.9. The Morgan fingerprint density at radius 2 is 1.87 bits per heavy atom. The Morgan fingerprint density at radius 3 is 2.57 bits per heavy atom. The molecule has 1 aliphatic heterocycles. The fraction of sp³-hybridized carbons (Fsp3) is 0.333. The number of rotatable bonds is 4. The Balaban J connectivity index is 1.49. The van der Waals surface area contributed by atoms with Crippen LogP contribution in [0.4, 0.5) is 11.4 Å². The van der Waals surface area contributed by atoms with Gasteiger partial charge in [-0.3, -0.25) is 4.98 Å². The van der Waals surface area contributed by atoms with Crippen molar-refractivity contribution in [3.05, 3.63) is 54.4 Å². The van der Waals surface area contributed by atoms with Crippen molar-refractivity contribution >= 4 is 28.7 Å². The van der Waals surface area contributed by atoms with Gasteiger partial charge >= 0.3 is 0 Å². The van der Waals surface area contributed by atoms with Crippen molar-refractivity contribution in [1.29, 1.82) is 0 Å². The number of nitrogens with one attached hydrogen (secondary N) is 2. The van der Waals surface area contributed by atoms with Gasteiger partial charge in [-0.2, -0.15) is 0 Å². The van der Waals surface area contributed by atoms with Gasteiger partial charge in [-0.1, -0.05) is 12.1 Å². The van der Waals surface area contributed by atoms with E-state index < -0.39 is 0 Å². The number of nitrogens with zero attached hydrogens (tertiary/aromatic N) is 2. The number of hydrogen-bond acceptors (Lipinski definition) is 3. The zero-order valence-electron chi connectivity index (χ0n) is 13.2. The van der Waals surface area contributed by atoms with Gasteiger partial charge in [0.15, 0.2) is 5.11 Å². The molecule has 1 fully saturated rings. The van der Waals surface area contributed by atoms with Crippen molar-refractivity contribution in [2.75, 3.05) is 23.3 Å². The Bertz CT molecular complexity index is 621. The van der Waals surface area contributed by atoms with Gasteiger partial charge in [0.05, 0.1) is 11.9 Å². The minimum absolute atomic E-state index is 0.609. The van der Waals surface area contributed by atoms with Crippen LogP contribution in [0.15, 0.2) is 48.8 Å². The highest BCUT2D eigenvalue weighted by Crippen LogP contribution is 2.20. The van der Waals surface area contributed by atoms with Gasteiger partial charge in [-0.05, 0) is 61.3 Å². The third-order valence-electron chi connectivity index (χ3n) is 4.03. The molecule has 3 rings (SSSR count). The van der Waals surface area contributed by atoms with E-state index in [4.69, 9.17) is 12.2 Å². The maximum Gasteiger partial charge on any atom is 0.171 e. The molecule has 0 saturated carbocycles. The maximum absolute atomic E-state index is 5.31. The van der Waals surface area contributed by atoms with Crippen LogP contribution in [-0.2, 0) is 6.54 Å². The van der Waals surface area contributed by atoms with Gasteiger partial charge < -0.3 is 15.5 Å². The first-order valence-electron chi connectivity index (χ1n) is 8.10. The van der Waals surface area contributed by atoms with Crippen molar-refractivity contribution in [1.82, 2.24) is 10.3 Å². The van der Waals surface area contributed by atoms with E-state index in [0.717, 1.165) is 5.69 Å². The van der Waals surface area contributed by atoms with E-state index >= 15 is 0 Å². The summed E-state index contributed by atoms with van der Waals surface area (Å²) in [5.74, 6) is 0. The normalized spacial score (nSPS) is 14.3. The van der Waals surface area contributed by atoms with Gasteiger partial charge in [-0.15, -0.1) is 0 Å². The lowest BCUT2D eigenvalue weighted by Crippen LogP contribution is -2.29. The minimum Gasteiger partial charge on any atom is -0.372 e. The maximum atomic E-state index is 5.31. The molecule has 4 nitrogen and oxygen atoms in total. The van der Waals surface area contributed by atoms with Crippen LogP contribution in [0.3, 0.4) is 0 Å². The third-order valence-corrected chi connectivity index (χ3v) is 4.28. The molecule has 2 heterocycles. The van der Waals surface area contributed by atoms with Crippen LogP contribution in [0.25, 0.3) is 0 Å². The number of piperidine rings is 1. The fourth-order valence-electron chi connectivity index (χ4n) is 2.77. The van der Waals surface area contributed by atoms with E-state index in [9.17, 15) is 0 Å². The lowest BCUT2D eigenvalue weighted by Gasteiger charge is -2.28. The molecule has 1 aromatic heterocycles. The van der Waals surface area contributed by atoms with Crippen molar-refractivity contribution in [3.8, 4) is 0 Å². The largest absolute Gasteiger partial charge is 0.372 e. The van der Waals surface area contributed by atoms with Crippen LogP contribution in [0.1, 0.15) is 24.8 Å². The van der Waals surface area contributed by atoms with Crippen molar-refractivity contribution in [3.63, 3.8) is 0 Å². The third kappa shape index (κ3) is 4.66. The van der Waals surface area contributed by atoms with Crippen LogP contribution in [-0.4, -0.2) is 23.2 Å². The summed E-state index contributed by atoms with van der Waals surface area (Å²) in [6.45, 7) is 3.07. The molecular formula is C18H22N4S. The standard InChI is InChI=1S/C18H22N4S/c23-18(21-16-5-4-10-19-14-16)20-13-15-6-8-17(9-7-15)22-11-2-1-3-12-22/h4-10,14H,1-3,11-13H2,(H2,20,21,23). The molecule has 0 amide bonds. The zero-order valence-corrected chi connectivity index (χ0v) is 14.0. The smallest absolute Gasteiger partial charge is 0.171 e. The fourth-order valence-corrected chi connectivity index (χ4v) is 2.96. The number of anilines is 2. The van der Waals surface area contributed by atoms with E-state index in [1.807, 2.05) is 12.1 Å². The van der Waals surface area contributed by atoms with E-state index in [0.29, 0.717) is 11.7 Å². The van der Waals surface area contributed by atoms with Crippen LogP contribution < -0.4 is 15.5 Å². The monoisotopic (exact) mass is 326 g/mol. The molecular weight excluding hydrogens is 304 g/mol. The Hall–Kier alpha value is -2.14. The van der Waals surface area contributed by atoms with Gasteiger partial charge in [-0.25, -0.2) is 0 Å². The first-order chi connectivity index (χ1) is 11.3. The first kappa shape index (κ1) is 15.7. The summed E-state index contributed by atoms with van der Waals surface area (Å²) in [6, 6.07) is 12.6. The van der Waals surface area contributed by atoms with E-state index in [1.165, 1.54) is 43.6 Å². The predicted octanol–water partition coefficient (Wildman–Crippen LogP) is 3.56. The molecule has 0 spiro atoms. The van der Waals surface area contributed by atoms with Crippen molar-refractivity contribution < 1.29 is 0 Å². The highest BCUT2D eigenvalue weighted by molar-refractivity contribution is 7.80. The van der Waals surface area contributed by atoms with Crippen LogP contribution in [0.2, 0.25) is 0 Å². The van der Waals surface area contributed by atoms with Gasteiger partial charge in [0.25, 0.3) is 0 Å². The summed E-state index contributed by atoms with van der Waals surface area (Å²) >= 11 is 5.31.